The molecule has 0 aromatic carbocycles. The molecule has 136 valence electrons. The zero-order chi connectivity index (χ0) is 18.4. The fraction of sp³-hybridized carbons (Fsp3) is 0.471. The minimum Gasteiger partial charge on any atom is -0.469 e. The van der Waals surface area contributed by atoms with Crippen LogP contribution >= 0.6 is 47.8 Å². The monoisotopic (exact) mass is 528 g/mol. The Balaban J connectivity index is 4.17. The predicted molar refractivity (Wildman–Crippen MR) is 108 cm³/mol. The van der Waals surface area contributed by atoms with E-state index in [1.165, 1.54) is 7.11 Å². The average Bonchev–Trinajstić information content (AvgIpc) is 2.54. The van der Waals surface area contributed by atoms with E-state index >= 15 is 0 Å². The van der Waals surface area contributed by atoms with Gasteiger partial charge in [-0.1, -0.05) is 66.0 Å². The summed E-state index contributed by atoms with van der Waals surface area (Å²) in [7, 11) is 1.34. The zero-order valence-electron chi connectivity index (χ0n) is 13.5. The van der Waals surface area contributed by atoms with Crippen molar-refractivity contribution in [2.45, 2.75) is 44.3 Å². The molecule has 0 bridgehead atoms. The van der Waals surface area contributed by atoms with Gasteiger partial charge in [0.2, 0.25) is 0 Å². The summed E-state index contributed by atoms with van der Waals surface area (Å²) >= 11 is 9.87. The van der Waals surface area contributed by atoms with Gasteiger partial charge in [0.25, 0.3) is 0 Å². The number of esters is 1. The molecule has 0 aliphatic carbocycles. The summed E-state index contributed by atoms with van der Waals surface area (Å²) in [5, 5.41) is 19.8. The highest BCUT2D eigenvalue weighted by Gasteiger charge is 2.09. The normalized spacial score (nSPS) is 15.9. The third-order valence-electron chi connectivity index (χ3n) is 3.02. The summed E-state index contributed by atoms with van der Waals surface area (Å²) in [6.45, 7) is 0. The molecule has 0 heterocycles. The number of rotatable bonds is 11. The maximum atomic E-state index is 11.0. The highest BCUT2D eigenvalue weighted by atomic mass is 79.9. The van der Waals surface area contributed by atoms with E-state index in [-0.39, 0.29) is 12.4 Å². The summed E-state index contributed by atoms with van der Waals surface area (Å²) in [6.07, 6.45) is 10.3. The van der Waals surface area contributed by atoms with E-state index in [4.69, 9.17) is 0 Å². The first-order valence-corrected chi connectivity index (χ1v) is 10.00. The van der Waals surface area contributed by atoms with Crippen LogP contribution in [0.15, 0.2) is 44.3 Å². The maximum Gasteiger partial charge on any atom is 0.305 e. The number of hydrogen-bond acceptors (Lipinski definition) is 4. The molecule has 7 heteroatoms. The maximum absolute atomic E-state index is 11.0. The molecule has 0 saturated carbocycles. The van der Waals surface area contributed by atoms with Crippen molar-refractivity contribution in [1.29, 1.82) is 0 Å². The molecule has 0 rings (SSSR count). The van der Waals surface area contributed by atoms with Crippen LogP contribution in [0.5, 0.6) is 0 Å². The number of aliphatic hydroxyl groups is 2. The number of hydrogen-bond donors (Lipinski definition) is 2. The summed E-state index contributed by atoms with van der Waals surface area (Å²) in [4.78, 5) is 12.7. The Morgan fingerprint density at radius 2 is 1.96 bits per heavy atom. The standard InChI is InChI=1S/C17H23Br3O4/c1-24-17(23)10-4-9-16(22)15(20)8-3-7-14(21)6-2-5-13(19)11-12-18/h3,5,7-8,11-12,14,16,21-22H,2,4,6,9-10H2,1H3/b7-3+,12-11-,13-5-,15-8-/t14-,16+/m1/s1. The molecule has 24 heavy (non-hydrogen) atoms. The van der Waals surface area contributed by atoms with Crippen LogP contribution in [0.2, 0.25) is 0 Å². The number of aliphatic hydroxyl groups excluding tert-OH is 2. The number of ether oxygens (including phenoxy) is 1. The SMILES string of the molecule is COC(=O)CCC[C@H](O)/C(Br)=C/C=C/[C@H](O)CC/C=C(Br)/C=C\Br. The van der Waals surface area contributed by atoms with E-state index in [9.17, 15) is 15.0 Å². The second kappa shape index (κ2) is 15.1. The highest BCUT2D eigenvalue weighted by Crippen LogP contribution is 2.17. The number of allylic oxidation sites excluding steroid dienone is 5. The van der Waals surface area contributed by atoms with Crippen LogP contribution in [0.4, 0.5) is 0 Å². The Morgan fingerprint density at radius 1 is 1.25 bits per heavy atom. The molecular formula is C17H23Br3O4. The van der Waals surface area contributed by atoms with Gasteiger partial charge in [-0.05, 0) is 42.8 Å². The summed E-state index contributed by atoms with van der Waals surface area (Å²) in [6, 6.07) is 0. The van der Waals surface area contributed by atoms with E-state index in [2.05, 4.69) is 52.5 Å². The van der Waals surface area contributed by atoms with Crippen LogP contribution in [0, 0.1) is 0 Å². The molecule has 0 radical (unpaired) electrons. The van der Waals surface area contributed by atoms with Crippen molar-refractivity contribution in [1.82, 2.24) is 0 Å². The first-order chi connectivity index (χ1) is 11.4. The molecule has 0 fully saturated rings. The van der Waals surface area contributed by atoms with Crippen molar-refractivity contribution in [3.8, 4) is 0 Å². The molecule has 0 aromatic rings. The van der Waals surface area contributed by atoms with Gasteiger partial charge >= 0.3 is 5.97 Å². The van der Waals surface area contributed by atoms with Crippen molar-refractivity contribution in [3.05, 3.63) is 44.3 Å². The fourth-order valence-corrected chi connectivity index (χ4v) is 3.07. The molecule has 2 atom stereocenters. The van der Waals surface area contributed by atoms with Gasteiger partial charge in [-0.25, -0.2) is 0 Å². The molecule has 0 aliphatic rings. The van der Waals surface area contributed by atoms with Crippen molar-refractivity contribution in [2.75, 3.05) is 7.11 Å². The first-order valence-electron chi connectivity index (χ1n) is 7.50. The summed E-state index contributed by atoms with van der Waals surface area (Å²) in [5.74, 6) is -0.280. The van der Waals surface area contributed by atoms with Gasteiger partial charge in [-0.2, -0.15) is 0 Å². The third-order valence-corrected chi connectivity index (χ3v) is 4.66. The second-order valence-corrected chi connectivity index (χ2v) is 7.31. The molecule has 0 unspecified atom stereocenters. The topological polar surface area (TPSA) is 66.8 Å². The predicted octanol–water partition coefficient (Wildman–Crippen LogP) is 4.85. The van der Waals surface area contributed by atoms with Crippen molar-refractivity contribution in [2.24, 2.45) is 0 Å². The molecule has 0 spiro atoms. The van der Waals surface area contributed by atoms with E-state index in [0.717, 1.165) is 10.9 Å². The summed E-state index contributed by atoms with van der Waals surface area (Å²) < 4.78 is 6.11. The Hall–Kier alpha value is -0.210. The molecular weight excluding hydrogens is 508 g/mol. The molecule has 0 aliphatic heterocycles. The lowest BCUT2D eigenvalue weighted by atomic mass is 10.1. The lowest BCUT2D eigenvalue weighted by Gasteiger charge is -2.08. The Labute approximate surface area is 168 Å². The number of carbonyl (C=O) groups is 1. The zero-order valence-corrected chi connectivity index (χ0v) is 18.3. The number of methoxy groups -OCH3 is 1. The molecule has 0 amide bonds. The number of carbonyl (C=O) groups excluding carboxylic acids is 1. The minimum absolute atomic E-state index is 0.280. The van der Waals surface area contributed by atoms with Gasteiger partial charge in [-0.3, -0.25) is 4.79 Å². The third kappa shape index (κ3) is 13.1. The van der Waals surface area contributed by atoms with Gasteiger partial charge in [0.05, 0.1) is 19.3 Å². The molecule has 0 aromatic heterocycles. The summed E-state index contributed by atoms with van der Waals surface area (Å²) in [5.41, 5.74) is 0. The quantitative estimate of drug-likeness (QED) is 0.296. The Bertz CT molecular complexity index is 484. The Morgan fingerprint density at radius 3 is 2.58 bits per heavy atom. The van der Waals surface area contributed by atoms with Crippen molar-refractivity contribution < 1.29 is 19.7 Å². The van der Waals surface area contributed by atoms with Crippen LogP contribution in [0.1, 0.15) is 32.1 Å². The van der Waals surface area contributed by atoms with Crippen molar-refractivity contribution >= 4 is 53.8 Å². The van der Waals surface area contributed by atoms with Crippen LogP contribution in [-0.4, -0.2) is 35.5 Å². The number of halogens is 3. The Kier molecular flexibility index (Phi) is 14.9. The van der Waals surface area contributed by atoms with E-state index in [1.54, 1.807) is 23.2 Å². The molecule has 2 N–H and O–H groups in total. The smallest absolute Gasteiger partial charge is 0.305 e. The van der Waals surface area contributed by atoms with Crippen LogP contribution < -0.4 is 0 Å². The van der Waals surface area contributed by atoms with Crippen LogP contribution in [0.3, 0.4) is 0 Å². The van der Waals surface area contributed by atoms with Crippen LogP contribution in [-0.2, 0) is 9.53 Å². The van der Waals surface area contributed by atoms with E-state index in [0.29, 0.717) is 23.7 Å². The van der Waals surface area contributed by atoms with Gasteiger partial charge in [0.15, 0.2) is 0 Å². The van der Waals surface area contributed by atoms with Gasteiger partial charge in [0, 0.05) is 15.4 Å². The van der Waals surface area contributed by atoms with Gasteiger partial charge in [-0.15, -0.1) is 0 Å². The second-order valence-electron chi connectivity index (χ2n) is 4.95. The van der Waals surface area contributed by atoms with Gasteiger partial charge in [0.1, 0.15) is 0 Å². The fourth-order valence-electron chi connectivity index (χ4n) is 1.68. The lowest BCUT2D eigenvalue weighted by molar-refractivity contribution is -0.140. The first kappa shape index (κ1) is 23.8. The molecule has 0 saturated heterocycles. The van der Waals surface area contributed by atoms with Gasteiger partial charge < -0.3 is 14.9 Å². The minimum atomic E-state index is -0.675. The van der Waals surface area contributed by atoms with E-state index in [1.807, 2.05) is 12.2 Å². The van der Waals surface area contributed by atoms with E-state index < -0.39 is 12.2 Å². The van der Waals surface area contributed by atoms with Crippen LogP contribution in [0.25, 0.3) is 0 Å². The largest absolute Gasteiger partial charge is 0.469 e. The average molecular weight is 531 g/mol. The van der Waals surface area contributed by atoms with Crippen molar-refractivity contribution in [3.63, 3.8) is 0 Å². The lowest BCUT2D eigenvalue weighted by Crippen LogP contribution is -2.08. The highest BCUT2D eigenvalue weighted by molar-refractivity contribution is 9.12. The molecule has 4 nitrogen and oxygen atoms in total.